The molecule has 0 bridgehead atoms. The van der Waals surface area contributed by atoms with E-state index >= 15 is 0 Å². The van der Waals surface area contributed by atoms with Crippen molar-refractivity contribution in [3.63, 3.8) is 0 Å². The Hall–Kier alpha value is -3.26. The van der Waals surface area contributed by atoms with E-state index in [0.29, 0.717) is 50.2 Å². The van der Waals surface area contributed by atoms with Crippen LogP contribution in [0.3, 0.4) is 0 Å². The van der Waals surface area contributed by atoms with Crippen LogP contribution in [0.4, 0.5) is 4.39 Å². The highest BCUT2D eigenvalue weighted by molar-refractivity contribution is 5.94. The molecule has 30 heavy (non-hydrogen) atoms. The van der Waals surface area contributed by atoms with Crippen LogP contribution in [0.2, 0.25) is 0 Å². The molecule has 1 saturated heterocycles. The molecule has 7 nitrogen and oxygen atoms in total. The molecule has 4 rings (SSSR count). The average molecular weight is 410 g/mol. The number of carbonyl (C=O) groups is 1. The van der Waals surface area contributed by atoms with Crippen molar-refractivity contribution in [2.24, 2.45) is 0 Å². The second kappa shape index (κ2) is 8.62. The number of carbonyl (C=O) groups excluding carboxylic acids is 1. The van der Waals surface area contributed by atoms with E-state index in [1.54, 1.807) is 11.0 Å². The van der Waals surface area contributed by atoms with Gasteiger partial charge in [-0.2, -0.15) is 4.98 Å². The molecule has 8 heteroatoms. The SMILES string of the molecule is COc1ccc(C(=O)N2CCN(Cc3nc(-c4ccc(C)cc4)no3)CC2)c(F)c1. The number of benzene rings is 2. The topological polar surface area (TPSA) is 71.7 Å². The summed E-state index contributed by atoms with van der Waals surface area (Å²) in [5.74, 6) is 0.601. The van der Waals surface area contributed by atoms with Crippen molar-refractivity contribution in [2.45, 2.75) is 13.5 Å². The van der Waals surface area contributed by atoms with E-state index in [1.165, 1.54) is 24.8 Å². The average Bonchev–Trinajstić information content (AvgIpc) is 3.22. The maximum atomic E-state index is 14.2. The Balaban J connectivity index is 1.34. The fourth-order valence-electron chi connectivity index (χ4n) is 3.41. The van der Waals surface area contributed by atoms with Crippen LogP contribution in [0.5, 0.6) is 5.75 Å². The number of aryl methyl sites for hydroxylation is 1. The number of nitrogens with zero attached hydrogens (tertiary/aromatic N) is 4. The van der Waals surface area contributed by atoms with Gasteiger partial charge in [0.05, 0.1) is 19.2 Å². The Morgan fingerprint density at radius 1 is 1.13 bits per heavy atom. The zero-order chi connectivity index (χ0) is 21.1. The van der Waals surface area contributed by atoms with Crippen molar-refractivity contribution in [3.8, 4) is 17.1 Å². The number of aromatic nitrogens is 2. The van der Waals surface area contributed by atoms with Gasteiger partial charge in [0.25, 0.3) is 5.91 Å². The van der Waals surface area contributed by atoms with Gasteiger partial charge in [0.2, 0.25) is 11.7 Å². The number of hydrogen-bond acceptors (Lipinski definition) is 6. The third-order valence-corrected chi connectivity index (χ3v) is 5.20. The maximum Gasteiger partial charge on any atom is 0.256 e. The third kappa shape index (κ3) is 4.33. The molecule has 156 valence electrons. The van der Waals surface area contributed by atoms with Crippen molar-refractivity contribution in [2.75, 3.05) is 33.3 Å². The van der Waals surface area contributed by atoms with E-state index in [-0.39, 0.29) is 11.5 Å². The number of hydrogen-bond donors (Lipinski definition) is 0. The van der Waals surface area contributed by atoms with E-state index < -0.39 is 5.82 Å². The molecule has 1 aliphatic rings. The zero-order valence-corrected chi connectivity index (χ0v) is 17.0. The number of piperazine rings is 1. The van der Waals surface area contributed by atoms with Gasteiger partial charge in [-0.25, -0.2) is 4.39 Å². The first kappa shape index (κ1) is 20.0. The summed E-state index contributed by atoms with van der Waals surface area (Å²) in [6.07, 6.45) is 0. The van der Waals surface area contributed by atoms with Crippen LogP contribution in [0.25, 0.3) is 11.4 Å². The molecular formula is C22H23FN4O3. The lowest BCUT2D eigenvalue weighted by Gasteiger charge is -2.34. The molecule has 0 atom stereocenters. The van der Waals surface area contributed by atoms with Crippen LogP contribution in [0.15, 0.2) is 47.0 Å². The monoisotopic (exact) mass is 410 g/mol. The summed E-state index contributed by atoms with van der Waals surface area (Å²) in [6, 6.07) is 12.2. The van der Waals surface area contributed by atoms with E-state index in [1.807, 2.05) is 31.2 Å². The molecule has 1 fully saturated rings. The van der Waals surface area contributed by atoms with E-state index in [9.17, 15) is 9.18 Å². The molecule has 0 unspecified atom stereocenters. The van der Waals surface area contributed by atoms with Gasteiger partial charge in [-0.1, -0.05) is 35.0 Å². The van der Waals surface area contributed by atoms with Crippen molar-refractivity contribution >= 4 is 5.91 Å². The zero-order valence-electron chi connectivity index (χ0n) is 17.0. The second-order valence-electron chi connectivity index (χ2n) is 7.29. The third-order valence-electron chi connectivity index (χ3n) is 5.20. The Labute approximate surface area is 174 Å². The number of amides is 1. The molecule has 0 spiro atoms. The molecule has 1 amide bonds. The molecule has 3 aromatic rings. The van der Waals surface area contributed by atoms with E-state index in [4.69, 9.17) is 9.26 Å². The number of ether oxygens (including phenoxy) is 1. The highest BCUT2D eigenvalue weighted by Gasteiger charge is 2.25. The molecular weight excluding hydrogens is 387 g/mol. The Bertz CT molecular complexity index is 1030. The number of halogens is 1. The fourth-order valence-corrected chi connectivity index (χ4v) is 3.41. The molecule has 0 radical (unpaired) electrons. The number of methoxy groups -OCH3 is 1. The lowest BCUT2D eigenvalue weighted by atomic mass is 10.1. The molecule has 0 aliphatic carbocycles. The van der Waals surface area contributed by atoms with Crippen molar-refractivity contribution < 1.29 is 18.4 Å². The van der Waals surface area contributed by atoms with Crippen LogP contribution in [0, 0.1) is 12.7 Å². The van der Waals surface area contributed by atoms with Crippen LogP contribution < -0.4 is 4.74 Å². The standard InChI is InChI=1S/C22H23FN4O3/c1-15-3-5-16(6-4-15)21-24-20(30-25-21)14-26-9-11-27(12-10-26)22(28)18-8-7-17(29-2)13-19(18)23/h3-8,13H,9-12,14H2,1-2H3. The van der Waals surface area contributed by atoms with Crippen LogP contribution >= 0.6 is 0 Å². The Morgan fingerprint density at radius 3 is 2.53 bits per heavy atom. The fraction of sp³-hybridized carbons (Fsp3) is 0.318. The van der Waals surface area contributed by atoms with Crippen molar-refractivity contribution in [1.29, 1.82) is 0 Å². The quantitative estimate of drug-likeness (QED) is 0.644. The van der Waals surface area contributed by atoms with Gasteiger partial charge < -0.3 is 14.2 Å². The molecule has 2 heterocycles. The van der Waals surface area contributed by atoms with Gasteiger partial charge in [-0.3, -0.25) is 9.69 Å². The van der Waals surface area contributed by atoms with Gasteiger partial charge in [0, 0.05) is 37.8 Å². The predicted octanol–water partition coefficient (Wildman–Crippen LogP) is 3.15. The summed E-state index contributed by atoms with van der Waals surface area (Å²) in [6.45, 7) is 4.83. The summed E-state index contributed by atoms with van der Waals surface area (Å²) in [4.78, 5) is 20.9. The maximum absolute atomic E-state index is 14.2. The summed E-state index contributed by atoms with van der Waals surface area (Å²) in [5, 5.41) is 4.06. The minimum atomic E-state index is -0.573. The predicted molar refractivity (Wildman–Crippen MR) is 109 cm³/mol. The first-order valence-corrected chi connectivity index (χ1v) is 9.78. The normalized spacial score (nSPS) is 14.7. The molecule has 1 aliphatic heterocycles. The van der Waals surface area contributed by atoms with Gasteiger partial charge in [-0.05, 0) is 19.1 Å². The van der Waals surface area contributed by atoms with Crippen LogP contribution in [-0.2, 0) is 6.54 Å². The summed E-state index contributed by atoms with van der Waals surface area (Å²) in [5.41, 5.74) is 2.14. The first-order valence-electron chi connectivity index (χ1n) is 9.78. The Morgan fingerprint density at radius 2 is 1.87 bits per heavy atom. The molecule has 1 aromatic heterocycles. The molecule has 0 N–H and O–H groups in total. The second-order valence-corrected chi connectivity index (χ2v) is 7.29. The van der Waals surface area contributed by atoms with Crippen LogP contribution in [0.1, 0.15) is 21.8 Å². The minimum Gasteiger partial charge on any atom is -0.497 e. The number of rotatable bonds is 5. The van der Waals surface area contributed by atoms with Crippen LogP contribution in [-0.4, -0.2) is 59.1 Å². The summed E-state index contributed by atoms with van der Waals surface area (Å²) >= 11 is 0. The van der Waals surface area contributed by atoms with E-state index in [0.717, 1.165) is 5.56 Å². The first-order chi connectivity index (χ1) is 14.5. The lowest BCUT2D eigenvalue weighted by Crippen LogP contribution is -2.48. The summed E-state index contributed by atoms with van der Waals surface area (Å²) in [7, 11) is 1.46. The summed E-state index contributed by atoms with van der Waals surface area (Å²) < 4.78 is 24.6. The smallest absolute Gasteiger partial charge is 0.256 e. The Kier molecular flexibility index (Phi) is 5.76. The molecule has 0 saturated carbocycles. The van der Waals surface area contributed by atoms with Crippen molar-refractivity contribution in [3.05, 3.63) is 65.3 Å². The molecule has 2 aromatic carbocycles. The highest BCUT2D eigenvalue weighted by Crippen LogP contribution is 2.20. The van der Waals surface area contributed by atoms with Gasteiger partial charge >= 0.3 is 0 Å². The highest BCUT2D eigenvalue weighted by atomic mass is 19.1. The van der Waals surface area contributed by atoms with Gasteiger partial charge in [0.15, 0.2) is 0 Å². The largest absolute Gasteiger partial charge is 0.497 e. The minimum absolute atomic E-state index is 0.0592. The van der Waals surface area contributed by atoms with Crippen molar-refractivity contribution in [1.82, 2.24) is 19.9 Å². The van der Waals surface area contributed by atoms with Gasteiger partial charge in [0.1, 0.15) is 11.6 Å². The lowest BCUT2D eigenvalue weighted by molar-refractivity contribution is 0.0610. The van der Waals surface area contributed by atoms with E-state index in [2.05, 4.69) is 15.0 Å². The van der Waals surface area contributed by atoms with Gasteiger partial charge in [-0.15, -0.1) is 0 Å².